The SMILES string of the molecule is CNC(=O)c1c(-c2ccc(F)cc2)oc2ncc(-c3cccc(C(=O)CC(C)(C)C)c3)cc12. The summed E-state index contributed by atoms with van der Waals surface area (Å²) in [5.41, 5.74) is 3.30. The minimum atomic E-state index is -0.377. The van der Waals surface area contributed by atoms with Gasteiger partial charge >= 0.3 is 0 Å². The normalized spacial score (nSPS) is 11.5. The van der Waals surface area contributed by atoms with Crippen LogP contribution < -0.4 is 5.32 Å². The van der Waals surface area contributed by atoms with E-state index in [1.165, 1.54) is 19.2 Å². The molecule has 0 radical (unpaired) electrons. The monoisotopic (exact) mass is 444 g/mol. The number of nitrogens with zero attached hydrogens (tertiary/aromatic N) is 1. The van der Waals surface area contributed by atoms with Gasteiger partial charge in [-0.3, -0.25) is 9.59 Å². The van der Waals surface area contributed by atoms with Gasteiger partial charge in [0.1, 0.15) is 11.6 Å². The number of hydrogen-bond donors (Lipinski definition) is 1. The number of hydrogen-bond acceptors (Lipinski definition) is 4. The van der Waals surface area contributed by atoms with Crippen molar-refractivity contribution in [3.05, 3.63) is 77.7 Å². The van der Waals surface area contributed by atoms with Crippen molar-refractivity contribution in [3.63, 3.8) is 0 Å². The van der Waals surface area contributed by atoms with E-state index in [-0.39, 0.29) is 22.9 Å². The lowest BCUT2D eigenvalue weighted by molar-refractivity contribution is 0.0937. The minimum absolute atomic E-state index is 0.0753. The zero-order valence-electron chi connectivity index (χ0n) is 19.0. The van der Waals surface area contributed by atoms with Gasteiger partial charge in [-0.25, -0.2) is 9.37 Å². The van der Waals surface area contributed by atoms with E-state index in [9.17, 15) is 14.0 Å². The number of amides is 1. The summed E-state index contributed by atoms with van der Waals surface area (Å²) in [4.78, 5) is 29.9. The van der Waals surface area contributed by atoms with Gasteiger partial charge in [0.15, 0.2) is 5.78 Å². The first-order valence-electron chi connectivity index (χ1n) is 10.7. The van der Waals surface area contributed by atoms with Gasteiger partial charge in [0.05, 0.1) is 10.9 Å². The molecule has 33 heavy (non-hydrogen) atoms. The molecule has 0 atom stereocenters. The molecule has 4 rings (SSSR count). The number of furan rings is 1. The standard InChI is InChI=1S/C27H25FN2O3/c1-27(2,3)14-22(31)18-7-5-6-17(12-18)19-13-21-23(25(32)29-4)24(33-26(21)30-15-19)16-8-10-20(28)11-9-16/h5-13,15H,14H2,1-4H3,(H,29,32). The van der Waals surface area contributed by atoms with Gasteiger partial charge in [-0.05, 0) is 47.4 Å². The maximum atomic E-state index is 13.4. The van der Waals surface area contributed by atoms with Gasteiger partial charge in [-0.2, -0.15) is 0 Å². The van der Waals surface area contributed by atoms with Crippen LogP contribution in [0.5, 0.6) is 0 Å². The highest BCUT2D eigenvalue weighted by Gasteiger charge is 2.23. The smallest absolute Gasteiger partial charge is 0.255 e. The summed E-state index contributed by atoms with van der Waals surface area (Å²) >= 11 is 0. The molecule has 0 aliphatic heterocycles. The zero-order valence-corrected chi connectivity index (χ0v) is 19.0. The first kappa shape index (κ1) is 22.4. The highest BCUT2D eigenvalue weighted by Crippen LogP contribution is 2.35. The molecule has 0 spiro atoms. The topological polar surface area (TPSA) is 72.2 Å². The van der Waals surface area contributed by atoms with Gasteiger partial charge in [0, 0.05) is 36.4 Å². The molecule has 0 unspecified atom stereocenters. The van der Waals surface area contributed by atoms with E-state index in [0.29, 0.717) is 40.0 Å². The van der Waals surface area contributed by atoms with Crippen molar-refractivity contribution in [2.24, 2.45) is 5.41 Å². The lowest BCUT2D eigenvalue weighted by atomic mass is 9.87. The second-order valence-corrected chi connectivity index (χ2v) is 9.21. The third kappa shape index (κ3) is 4.70. The van der Waals surface area contributed by atoms with Crippen LogP contribution in [0.1, 0.15) is 47.9 Å². The molecule has 0 saturated carbocycles. The summed E-state index contributed by atoms with van der Waals surface area (Å²) in [6, 6.07) is 15.0. The average molecular weight is 445 g/mol. The fourth-order valence-corrected chi connectivity index (χ4v) is 3.75. The number of carbonyl (C=O) groups excluding carboxylic acids is 2. The third-order valence-electron chi connectivity index (χ3n) is 5.32. The Morgan fingerprint density at radius 2 is 1.73 bits per heavy atom. The van der Waals surface area contributed by atoms with Crippen LogP contribution in [0.25, 0.3) is 33.6 Å². The molecule has 0 bridgehead atoms. The van der Waals surface area contributed by atoms with Crippen molar-refractivity contribution in [1.29, 1.82) is 0 Å². The Bertz CT molecular complexity index is 1350. The number of benzene rings is 2. The number of halogens is 1. The number of ketones is 1. The van der Waals surface area contributed by atoms with Gasteiger partial charge in [0.25, 0.3) is 5.91 Å². The van der Waals surface area contributed by atoms with Crippen LogP contribution in [0.15, 0.2) is 65.2 Å². The summed E-state index contributed by atoms with van der Waals surface area (Å²) in [7, 11) is 1.54. The summed E-state index contributed by atoms with van der Waals surface area (Å²) < 4.78 is 19.3. The first-order valence-corrected chi connectivity index (χ1v) is 10.7. The second-order valence-electron chi connectivity index (χ2n) is 9.21. The number of fused-ring (bicyclic) bond motifs is 1. The Balaban J connectivity index is 1.81. The number of pyridine rings is 1. The van der Waals surface area contributed by atoms with E-state index in [4.69, 9.17) is 4.42 Å². The zero-order chi connectivity index (χ0) is 23.8. The van der Waals surface area contributed by atoms with Crippen molar-refractivity contribution in [3.8, 4) is 22.5 Å². The van der Waals surface area contributed by atoms with Crippen LogP contribution in [-0.4, -0.2) is 23.7 Å². The Kier molecular flexibility index (Phi) is 5.85. The minimum Gasteiger partial charge on any atom is -0.437 e. The van der Waals surface area contributed by atoms with Crippen molar-refractivity contribution in [1.82, 2.24) is 10.3 Å². The predicted molar refractivity (Wildman–Crippen MR) is 127 cm³/mol. The Morgan fingerprint density at radius 1 is 1.00 bits per heavy atom. The van der Waals surface area contributed by atoms with E-state index in [2.05, 4.69) is 10.3 Å². The van der Waals surface area contributed by atoms with E-state index in [1.807, 2.05) is 51.1 Å². The number of carbonyl (C=O) groups is 2. The summed E-state index contributed by atoms with van der Waals surface area (Å²) in [6.07, 6.45) is 2.10. The molecule has 0 saturated heterocycles. The molecule has 0 aliphatic carbocycles. The molecular formula is C27H25FN2O3. The maximum Gasteiger partial charge on any atom is 0.255 e. The fourth-order valence-electron chi connectivity index (χ4n) is 3.75. The molecule has 0 aliphatic rings. The Morgan fingerprint density at radius 3 is 2.39 bits per heavy atom. The molecule has 2 heterocycles. The van der Waals surface area contributed by atoms with E-state index in [1.54, 1.807) is 18.3 Å². The van der Waals surface area contributed by atoms with Crippen molar-refractivity contribution < 1.29 is 18.4 Å². The summed E-state index contributed by atoms with van der Waals surface area (Å²) in [5.74, 6) is -0.312. The van der Waals surface area contributed by atoms with Crippen LogP contribution in [0.3, 0.4) is 0 Å². The van der Waals surface area contributed by atoms with E-state index in [0.717, 1.165) is 11.1 Å². The molecule has 6 heteroatoms. The average Bonchev–Trinajstić information content (AvgIpc) is 3.16. The molecule has 1 amide bonds. The highest BCUT2D eigenvalue weighted by atomic mass is 19.1. The highest BCUT2D eigenvalue weighted by molar-refractivity contribution is 6.11. The van der Waals surface area contributed by atoms with Crippen molar-refractivity contribution in [2.75, 3.05) is 7.05 Å². The van der Waals surface area contributed by atoms with Crippen molar-refractivity contribution in [2.45, 2.75) is 27.2 Å². The summed E-state index contributed by atoms with van der Waals surface area (Å²) in [5, 5.41) is 3.18. The predicted octanol–water partition coefficient (Wildman–Crippen LogP) is 6.28. The number of nitrogens with one attached hydrogen (secondary N) is 1. The molecule has 0 fully saturated rings. The third-order valence-corrected chi connectivity index (χ3v) is 5.32. The quantitative estimate of drug-likeness (QED) is 0.368. The Hall–Kier alpha value is -3.80. The van der Waals surface area contributed by atoms with Crippen molar-refractivity contribution >= 4 is 22.8 Å². The molecule has 2 aromatic carbocycles. The summed E-state index contributed by atoms with van der Waals surface area (Å²) in [6.45, 7) is 6.10. The first-order chi connectivity index (χ1) is 15.7. The van der Waals surface area contributed by atoms with Gasteiger partial charge < -0.3 is 9.73 Å². The van der Waals surface area contributed by atoms with Crippen LogP contribution in [-0.2, 0) is 0 Å². The number of aromatic nitrogens is 1. The number of Topliss-reactive ketones (excluding diaryl/α,β-unsaturated/α-hetero) is 1. The number of rotatable bonds is 5. The van der Waals surface area contributed by atoms with Crippen LogP contribution in [0.4, 0.5) is 4.39 Å². The molecule has 2 aromatic heterocycles. The molecule has 168 valence electrons. The lowest BCUT2D eigenvalue weighted by Crippen LogP contribution is -2.18. The fraction of sp³-hybridized carbons (Fsp3) is 0.222. The van der Waals surface area contributed by atoms with Crippen LogP contribution in [0, 0.1) is 11.2 Å². The van der Waals surface area contributed by atoms with Gasteiger partial charge in [0.2, 0.25) is 5.71 Å². The van der Waals surface area contributed by atoms with E-state index >= 15 is 0 Å². The maximum absolute atomic E-state index is 13.4. The van der Waals surface area contributed by atoms with Crippen LogP contribution >= 0.6 is 0 Å². The molecular weight excluding hydrogens is 419 g/mol. The van der Waals surface area contributed by atoms with Gasteiger partial charge in [-0.1, -0.05) is 39.0 Å². The lowest BCUT2D eigenvalue weighted by Gasteiger charge is -2.17. The second kappa shape index (κ2) is 8.62. The molecule has 5 nitrogen and oxygen atoms in total. The molecule has 1 N–H and O–H groups in total. The van der Waals surface area contributed by atoms with Crippen LogP contribution in [0.2, 0.25) is 0 Å². The molecule has 4 aromatic rings. The van der Waals surface area contributed by atoms with E-state index < -0.39 is 0 Å². The Labute approximate surface area is 191 Å². The van der Waals surface area contributed by atoms with Gasteiger partial charge in [-0.15, -0.1) is 0 Å². The largest absolute Gasteiger partial charge is 0.437 e.